The standard InChI is InChI=1S/C39H50ClFN8O3/c1-26(2)48-25-49(35-7-5-6-31(40)38(35)39(52)43-4)34-12-10-30(23-36(34)48)45-16-14-29(15-17-45)46-18-20-47(21-19-46)33-11-8-27(22-32(33)41)44-28(24-50)9-13-37(51)42-3/h5-8,10-12,22-24,26,28-29,32-33,44H,4,9,13-21,25H2,1-3H3,(H,42,51). The normalized spacial score (nSPS) is 21.9. The molecule has 1 aliphatic carbocycles. The highest BCUT2D eigenvalue weighted by Crippen LogP contribution is 2.45. The van der Waals surface area contributed by atoms with Gasteiger partial charge in [-0.05, 0) is 82.3 Å². The van der Waals surface area contributed by atoms with E-state index in [0.717, 1.165) is 75.5 Å². The fourth-order valence-corrected chi connectivity index (χ4v) is 8.14. The first-order chi connectivity index (χ1) is 25.1. The number of amides is 2. The molecule has 11 nitrogen and oxygen atoms in total. The van der Waals surface area contributed by atoms with Gasteiger partial charge in [0.05, 0.1) is 46.4 Å². The first-order valence-corrected chi connectivity index (χ1v) is 18.7. The van der Waals surface area contributed by atoms with Gasteiger partial charge < -0.3 is 30.1 Å². The van der Waals surface area contributed by atoms with Crippen molar-refractivity contribution in [1.82, 2.24) is 20.4 Å². The molecule has 13 heteroatoms. The summed E-state index contributed by atoms with van der Waals surface area (Å²) in [6, 6.07) is 11.9. The molecule has 2 aromatic carbocycles. The van der Waals surface area contributed by atoms with Crippen molar-refractivity contribution in [2.45, 2.75) is 69.9 Å². The molecule has 0 aromatic heterocycles. The molecule has 278 valence electrons. The number of halogens is 2. The Morgan fingerprint density at radius 1 is 1.04 bits per heavy atom. The van der Waals surface area contributed by atoms with Gasteiger partial charge in [-0.15, -0.1) is 0 Å². The van der Waals surface area contributed by atoms with Crippen molar-refractivity contribution in [3.63, 3.8) is 0 Å². The number of allylic oxidation sites excluding steroid dienone is 1. The number of anilines is 4. The average Bonchev–Trinajstić information content (AvgIpc) is 3.55. The minimum absolute atomic E-state index is 0.132. The van der Waals surface area contributed by atoms with Crippen LogP contribution in [0.25, 0.3) is 0 Å². The van der Waals surface area contributed by atoms with Crippen LogP contribution in [0.1, 0.15) is 49.9 Å². The first kappa shape index (κ1) is 37.5. The van der Waals surface area contributed by atoms with Gasteiger partial charge in [-0.2, -0.15) is 0 Å². The topological polar surface area (TPSA) is 104 Å². The third-order valence-corrected chi connectivity index (χ3v) is 11.2. The van der Waals surface area contributed by atoms with Gasteiger partial charge >= 0.3 is 0 Å². The second-order valence-corrected chi connectivity index (χ2v) is 14.6. The fourth-order valence-electron chi connectivity index (χ4n) is 7.89. The minimum atomic E-state index is -1.18. The zero-order valence-electron chi connectivity index (χ0n) is 30.3. The lowest BCUT2D eigenvalue weighted by Crippen LogP contribution is -2.56. The summed E-state index contributed by atoms with van der Waals surface area (Å²) in [5.74, 6) is -0.572. The van der Waals surface area contributed by atoms with Crippen molar-refractivity contribution in [1.29, 1.82) is 0 Å². The van der Waals surface area contributed by atoms with Crippen LogP contribution in [0.4, 0.5) is 27.1 Å². The van der Waals surface area contributed by atoms with Gasteiger partial charge in [-0.1, -0.05) is 23.7 Å². The summed E-state index contributed by atoms with van der Waals surface area (Å²) in [7, 11) is 1.56. The monoisotopic (exact) mass is 732 g/mol. The number of aliphatic imine (C=N–C) groups is 1. The number of aldehydes is 1. The molecular formula is C39H50ClFN8O3. The number of nitrogens with one attached hydrogen (secondary N) is 2. The maximum atomic E-state index is 15.4. The SMILES string of the molecule is C=NC(=O)c1c(Cl)cccc1N1CN(C(C)C)c2cc(N3CCC(N4CCN(C5C=CC(NC(C=O)CCC(=O)NC)=CC5F)CC4)CC3)ccc21. The summed E-state index contributed by atoms with van der Waals surface area (Å²) in [6.45, 7) is 13.7. The average molecular weight is 733 g/mol. The van der Waals surface area contributed by atoms with Crippen LogP contribution in [0.2, 0.25) is 5.02 Å². The lowest BCUT2D eigenvalue weighted by molar-refractivity contribution is -0.120. The van der Waals surface area contributed by atoms with Crippen LogP contribution in [-0.2, 0) is 9.59 Å². The van der Waals surface area contributed by atoms with Gasteiger partial charge in [0.15, 0.2) is 0 Å². The zero-order chi connectivity index (χ0) is 36.9. The molecule has 4 aliphatic rings. The van der Waals surface area contributed by atoms with Gasteiger partial charge in [-0.3, -0.25) is 19.4 Å². The van der Waals surface area contributed by atoms with Gasteiger partial charge in [0.2, 0.25) is 5.91 Å². The molecule has 0 saturated carbocycles. The second kappa shape index (κ2) is 16.6. The number of fused-ring (bicyclic) bond motifs is 1. The first-order valence-electron chi connectivity index (χ1n) is 18.3. The quantitative estimate of drug-likeness (QED) is 0.232. The Labute approximate surface area is 311 Å². The van der Waals surface area contributed by atoms with Crippen molar-refractivity contribution in [2.75, 3.05) is 67.7 Å². The Morgan fingerprint density at radius 2 is 1.77 bits per heavy atom. The fraction of sp³-hybridized carbons (Fsp3) is 0.487. The van der Waals surface area contributed by atoms with Crippen molar-refractivity contribution in [3.8, 4) is 0 Å². The van der Waals surface area contributed by atoms with Crippen molar-refractivity contribution in [2.24, 2.45) is 4.99 Å². The summed E-state index contributed by atoms with van der Waals surface area (Å²) in [6.07, 6.45) is 7.58. The van der Waals surface area contributed by atoms with Crippen molar-refractivity contribution >= 4 is 59.2 Å². The Morgan fingerprint density at radius 3 is 2.42 bits per heavy atom. The highest BCUT2D eigenvalue weighted by Gasteiger charge is 2.35. The molecule has 52 heavy (non-hydrogen) atoms. The van der Waals surface area contributed by atoms with E-state index in [1.807, 2.05) is 24.3 Å². The lowest BCUT2D eigenvalue weighted by atomic mass is 9.99. The summed E-state index contributed by atoms with van der Waals surface area (Å²) < 4.78 is 15.4. The van der Waals surface area contributed by atoms with E-state index in [-0.39, 0.29) is 24.4 Å². The number of piperazine rings is 1. The van der Waals surface area contributed by atoms with Crippen LogP contribution in [0.5, 0.6) is 0 Å². The van der Waals surface area contributed by atoms with E-state index in [2.05, 4.69) is 78.9 Å². The Hall–Kier alpha value is -4.26. The third kappa shape index (κ3) is 8.04. The predicted molar refractivity (Wildman–Crippen MR) is 207 cm³/mol. The van der Waals surface area contributed by atoms with Gasteiger partial charge in [-0.25, -0.2) is 9.38 Å². The highest BCUT2D eigenvalue weighted by atomic mass is 35.5. The Bertz CT molecular complexity index is 1700. The second-order valence-electron chi connectivity index (χ2n) is 14.2. The molecule has 2 N–H and O–H groups in total. The molecule has 3 heterocycles. The molecule has 0 spiro atoms. The maximum absolute atomic E-state index is 15.4. The van der Waals surface area contributed by atoms with E-state index in [0.29, 0.717) is 35.4 Å². The summed E-state index contributed by atoms with van der Waals surface area (Å²) in [5.41, 5.74) is 5.01. The number of alkyl halides is 1. The molecule has 2 amide bonds. The number of rotatable bonds is 12. The van der Waals surface area contributed by atoms with E-state index >= 15 is 4.39 Å². The van der Waals surface area contributed by atoms with Gasteiger partial charge in [0.25, 0.3) is 5.91 Å². The maximum Gasteiger partial charge on any atom is 0.280 e. The van der Waals surface area contributed by atoms with Crippen LogP contribution in [0.3, 0.4) is 0 Å². The number of hydrogen-bond acceptors (Lipinski definition) is 9. The number of benzene rings is 2. The highest BCUT2D eigenvalue weighted by molar-refractivity contribution is 6.35. The van der Waals surface area contributed by atoms with E-state index in [9.17, 15) is 14.4 Å². The van der Waals surface area contributed by atoms with Crippen LogP contribution in [0.15, 0.2) is 65.3 Å². The molecule has 2 aromatic rings. The molecule has 3 atom stereocenters. The molecule has 2 fully saturated rings. The van der Waals surface area contributed by atoms with Gasteiger partial charge in [0.1, 0.15) is 12.5 Å². The van der Waals surface area contributed by atoms with Gasteiger partial charge in [0, 0.05) is 76.2 Å². The van der Waals surface area contributed by atoms with E-state index in [1.54, 1.807) is 19.2 Å². The predicted octanol–water partition coefficient (Wildman–Crippen LogP) is 4.93. The summed E-state index contributed by atoms with van der Waals surface area (Å²) in [4.78, 5) is 51.2. The molecule has 3 aliphatic heterocycles. The van der Waals surface area contributed by atoms with Crippen LogP contribution >= 0.6 is 11.6 Å². The zero-order valence-corrected chi connectivity index (χ0v) is 31.1. The van der Waals surface area contributed by atoms with Crippen molar-refractivity contribution < 1.29 is 18.8 Å². The van der Waals surface area contributed by atoms with Crippen molar-refractivity contribution in [3.05, 3.63) is 70.9 Å². The van der Waals surface area contributed by atoms with E-state index < -0.39 is 18.1 Å². The molecule has 0 radical (unpaired) electrons. The molecule has 3 unspecified atom stereocenters. The van der Waals surface area contributed by atoms with E-state index in [4.69, 9.17) is 11.6 Å². The third-order valence-electron chi connectivity index (χ3n) is 10.8. The van der Waals surface area contributed by atoms with Crippen LogP contribution < -0.4 is 25.3 Å². The largest absolute Gasteiger partial charge is 0.376 e. The lowest BCUT2D eigenvalue weighted by Gasteiger charge is -2.45. The summed E-state index contributed by atoms with van der Waals surface area (Å²) >= 11 is 6.49. The van der Waals surface area contributed by atoms with Crippen LogP contribution in [0, 0.1) is 0 Å². The molecule has 2 saturated heterocycles. The number of carbonyl (C=O) groups excluding carboxylic acids is 3. The summed E-state index contributed by atoms with van der Waals surface area (Å²) in [5, 5.41) is 5.99. The molecule has 6 rings (SSSR count). The minimum Gasteiger partial charge on any atom is -0.376 e. The number of hydrogen-bond donors (Lipinski definition) is 2. The van der Waals surface area contributed by atoms with Crippen LogP contribution in [-0.4, -0.2) is 118 Å². The Balaban J connectivity index is 1.03. The Kier molecular flexibility index (Phi) is 12.0. The smallest absolute Gasteiger partial charge is 0.280 e. The molecular weight excluding hydrogens is 683 g/mol. The number of nitrogens with zero attached hydrogens (tertiary/aromatic N) is 6. The molecule has 0 bridgehead atoms. The number of carbonyl (C=O) groups is 3. The number of piperidine rings is 1. The van der Waals surface area contributed by atoms with E-state index in [1.165, 1.54) is 5.69 Å².